The Morgan fingerprint density at radius 2 is 1.83 bits per heavy atom. The summed E-state index contributed by atoms with van der Waals surface area (Å²) >= 11 is 0. The van der Waals surface area contributed by atoms with E-state index in [1.165, 1.54) is 12.1 Å². The van der Waals surface area contributed by atoms with Gasteiger partial charge in [0.25, 0.3) is 0 Å². The zero-order valence-corrected chi connectivity index (χ0v) is 19.8. The number of hydrogen-bond donors (Lipinski definition) is 4. The first-order valence-corrected chi connectivity index (χ1v) is 12.8. The number of carbonyl (C=O) groups is 2. The van der Waals surface area contributed by atoms with Crippen LogP contribution in [0.4, 0.5) is 0 Å². The molecular formula is C24H28N4O6S. The van der Waals surface area contributed by atoms with E-state index in [2.05, 4.69) is 15.0 Å². The van der Waals surface area contributed by atoms with Crippen molar-refractivity contribution in [3.8, 4) is 5.75 Å². The van der Waals surface area contributed by atoms with Crippen LogP contribution in [-0.4, -0.2) is 51.2 Å². The molecule has 5 N–H and O–H groups in total. The molecule has 4 rings (SSSR count). The van der Waals surface area contributed by atoms with Crippen molar-refractivity contribution in [2.75, 3.05) is 19.7 Å². The van der Waals surface area contributed by atoms with E-state index in [0.29, 0.717) is 23.8 Å². The summed E-state index contributed by atoms with van der Waals surface area (Å²) in [7, 11) is -3.91. The van der Waals surface area contributed by atoms with E-state index >= 15 is 0 Å². The van der Waals surface area contributed by atoms with Gasteiger partial charge in [0.15, 0.2) is 0 Å². The lowest BCUT2D eigenvalue weighted by molar-refractivity contribution is -0.138. The Labute approximate surface area is 203 Å². The van der Waals surface area contributed by atoms with Crippen molar-refractivity contribution in [1.82, 2.24) is 15.0 Å². The molecule has 1 fully saturated rings. The van der Waals surface area contributed by atoms with Crippen LogP contribution in [0.25, 0.3) is 10.9 Å². The number of ether oxygens (including phenoxy) is 2. The second kappa shape index (κ2) is 11.0. The molecule has 10 nitrogen and oxygen atoms in total. The molecule has 1 saturated heterocycles. The van der Waals surface area contributed by atoms with Crippen LogP contribution in [0.3, 0.4) is 0 Å². The maximum absolute atomic E-state index is 12.4. The molecule has 2 heterocycles. The topological polar surface area (TPSA) is 153 Å². The second-order valence-electron chi connectivity index (χ2n) is 8.44. The molecule has 1 aliphatic rings. The monoisotopic (exact) mass is 500 g/mol. The molecular weight excluding hydrogens is 472 g/mol. The first-order chi connectivity index (χ1) is 16.8. The van der Waals surface area contributed by atoms with Gasteiger partial charge in [-0.25, -0.2) is 13.2 Å². The van der Waals surface area contributed by atoms with E-state index in [9.17, 15) is 18.0 Å². The van der Waals surface area contributed by atoms with Crippen LogP contribution in [0.1, 0.15) is 29.8 Å². The van der Waals surface area contributed by atoms with Crippen molar-refractivity contribution in [3.05, 3.63) is 60.3 Å². The molecule has 0 amide bonds. The molecule has 2 aromatic carbocycles. The molecule has 11 heteroatoms. The van der Waals surface area contributed by atoms with E-state index in [-0.39, 0.29) is 10.6 Å². The molecule has 0 radical (unpaired) electrons. The molecule has 0 saturated carbocycles. The van der Waals surface area contributed by atoms with Gasteiger partial charge in [-0.15, -0.1) is 0 Å². The normalized spacial score (nSPS) is 15.6. The number of hydrogen-bond acceptors (Lipinski definition) is 8. The number of benzene rings is 2. The molecule has 3 aromatic rings. The fraction of sp³-hybridized carbons (Fsp3) is 0.333. The molecule has 0 spiro atoms. The lowest BCUT2D eigenvalue weighted by Crippen LogP contribution is -2.43. The fourth-order valence-electron chi connectivity index (χ4n) is 3.86. The van der Waals surface area contributed by atoms with Gasteiger partial charge < -0.3 is 25.5 Å². The standard InChI is InChI=1S/C24H28N4O6S/c25-22(28-35(31,32)19-4-2-1-3-5-19)14-23(29)34-24(30)21-13-17-12-18(6-7-20(17)27-21)33-15-16-8-10-26-11-9-16/h1-7,12-13,16,22,26-28H,8-11,14-15,25H2/t22-/m0/s1. The number of piperidine rings is 1. The van der Waals surface area contributed by atoms with Crippen LogP contribution in [0.15, 0.2) is 59.5 Å². The minimum absolute atomic E-state index is 0.0112. The number of aromatic nitrogens is 1. The number of rotatable bonds is 9. The van der Waals surface area contributed by atoms with E-state index in [4.69, 9.17) is 15.2 Å². The van der Waals surface area contributed by atoms with Crippen LogP contribution in [-0.2, 0) is 19.6 Å². The minimum Gasteiger partial charge on any atom is -0.493 e. The summed E-state index contributed by atoms with van der Waals surface area (Å²) in [6.07, 6.45) is 0.372. The lowest BCUT2D eigenvalue weighted by Gasteiger charge is -2.22. The van der Waals surface area contributed by atoms with Gasteiger partial charge >= 0.3 is 11.9 Å². The Bertz CT molecular complexity index is 1290. The average molecular weight is 501 g/mol. The van der Waals surface area contributed by atoms with E-state index in [1.807, 2.05) is 12.1 Å². The zero-order chi connectivity index (χ0) is 24.8. The molecule has 1 atom stereocenters. The van der Waals surface area contributed by atoms with Crippen LogP contribution >= 0.6 is 0 Å². The van der Waals surface area contributed by atoms with Gasteiger partial charge in [-0.3, -0.25) is 4.79 Å². The Kier molecular flexibility index (Phi) is 7.81. The number of aromatic amines is 1. The first-order valence-electron chi connectivity index (χ1n) is 11.3. The van der Waals surface area contributed by atoms with Gasteiger partial charge in [0, 0.05) is 10.9 Å². The Morgan fingerprint density at radius 1 is 1.09 bits per heavy atom. The van der Waals surface area contributed by atoms with Crippen molar-refractivity contribution in [1.29, 1.82) is 0 Å². The molecule has 0 unspecified atom stereocenters. The molecule has 0 aliphatic carbocycles. The Morgan fingerprint density at radius 3 is 2.57 bits per heavy atom. The van der Waals surface area contributed by atoms with Gasteiger partial charge in [-0.1, -0.05) is 18.2 Å². The van der Waals surface area contributed by atoms with Crippen molar-refractivity contribution >= 4 is 32.9 Å². The third kappa shape index (κ3) is 6.67. The lowest BCUT2D eigenvalue weighted by atomic mass is 9.99. The second-order valence-corrected chi connectivity index (χ2v) is 10.2. The third-order valence-electron chi connectivity index (χ3n) is 5.71. The number of carbonyl (C=O) groups excluding carboxylic acids is 2. The van der Waals surface area contributed by atoms with Crippen molar-refractivity contribution in [3.63, 3.8) is 0 Å². The highest BCUT2D eigenvalue weighted by atomic mass is 32.2. The fourth-order valence-corrected chi connectivity index (χ4v) is 4.99. The van der Waals surface area contributed by atoms with Crippen molar-refractivity contribution in [2.24, 2.45) is 11.7 Å². The minimum atomic E-state index is -3.91. The number of H-pyrrole nitrogens is 1. The highest BCUT2D eigenvalue weighted by Crippen LogP contribution is 2.23. The molecule has 186 valence electrons. The van der Waals surface area contributed by atoms with E-state index in [0.717, 1.165) is 31.3 Å². The van der Waals surface area contributed by atoms with Crippen molar-refractivity contribution in [2.45, 2.75) is 30.3 Å². The Hall–Kier alpha value is -3.25. The number of nitrogens with two attached hydrogens (primary N) is 1. The summed E-state index contributed by atoms with van der Waals surface area (Å²) in [5.74, 6) is -0.634. The van der Waals surface area contributed by atoms with E-state index < -0.39 is 34.5 Å². The van der Waals surface area contributed by atoms with Crippen LogP contribution in [0.2, 0.25) is 0 Å². The largest absolute Gasteiger partial charge is 0.493 e. The molecule has 35 heavy (non-hydrogen) atoms. The zero-order valence-electron chi connectivity index (χ0n) is 19.0. The number of fused-ring (bicyclic) bond motifs is 1. The van der Waals surface area contributed by atoms with Gasteiger partial charge in [-0.05, 0) is 68.2 Å². The van der Waals surface area contributed by atoms with Crippen LogP contribution < -0.4 is 20.5 Å². The van der Waals surface area contributed by atoms with Gasteiger partial charge in [0.1, 0.15) is 11.4 Å². The summed E-state index contributed by atoms with van der Waals surface area (Å²) in [6.45, 7) is 2.63. The quantitative estimate of drug-likeness (QED) is 0.197. The summed E-state index contributed by atoms with van der Waals surface area (Å²) in [6, 6.07) is 14.6. The SMILES string of the molecule is N[C@H](CC(=O)OC(=O)c1cc2cc(OCC3CCNCC3)ccc2[nH]1)NS(=O)(=O)c1ccccc1. The third-order valence-corrected chi connectivity index (χ3v) is 7.22. The summed E-state index contributed by atoms with van der Waals surface area (Å²) < 4.78 is 37.6. The van der Waals surface area contributed by atoms with Gasteiger partial charge in [0.05, 0.1) is 24.1 Å². The predicted octanol–water partition coefficient (Wildman–Crippen LogP) is 1.88. The molecule has 1 aliphatic heterocycles. The molecule has 0 bridgehead atoms. The van der Waals surface area contributed by atoms with Crippen LogP contribution in [0, 0.1) is 5.92 Å². The first kappa shape index (κ1) is 24.9. The maximum atomic E-state index is 12.4. The molecule has 1 aromatic heterocycles. The Balaban J connectivity index is 1.31. The highest BCUT2D eigenvalue weighted by Gasteiger charge is 2.22. The summed E-state index contributed by atoms with van der Waals surface area (Å²) in [5, 5.41) is 4.06. The van der Waals surface area contributed by atoms with Crippen LogP contribution in [0.5, 0.6) is 5.75 Å². The summed E-state index contributed by atoms with van der Waals surface area (Å²) in [4.78, 5) is 27.5. The van der Waals surface area contributed by atoms with Gasteiger partial charge in [0.2, 0.25) is 10.0 Å². The number of sulfonamides is 1. The maximum Gasteiger partial charge on any atom is 0.362 e. The smallest absolute Gasteiger partial charge is 0.362 e. The summed E-state index contributed by atoms with van der Waals surface area (Å²) in [5.41, 5.74) is 6.52. The van der Waals surface area contributed by atoms with Crippen molar-refractivity contribution < 1.29 is 27.5 Å². The number of esters is 2. The van der Waals surface area contributed by atoms with E-state index in [1.54, 1.807) is 30.3 Å². The average Bonchev–Trinajstić information content (AvgIpc) is 3.27. The predicted molar refractivity (Wildman–Crippen MR) is 129 cm³/mol. The highest BCUT2D eigenvalue weighted by molar-refractivity contribution is 7.89. The van der Waals surface area contributed by atoms with Gasteiger partial charge in [-0.2, -0.15) is 4.72 Å². The number of nitrogens with one attached hydrogen (secondary N) is 3.